The van der Waals surface area contributed by atoms with Crippen molar-refractivity contribution in [1.29, 1.82) is 0 Å². The van der Waals surface area contributed by atoms with Gasteiger partial charge < -0.3 is 10.8 Å². The van der Waals surface area contributed by atoms with Crippen molar-refractivity contribution < 1.29 is 13.5 Å². The van der Waals surface area contributed by atoms with E-state index in [1.165, 1.54) is 22.5 Å². The van der Waals surface area contributed by atoms with E-state index in [0.717, 1.165) is 6.42 Å². The summed E-state index contributed by atoms with van der Waals surface area (Å²) in [6, 6.07) is 3.92. The largest absolute Gasteiger partial charge is 0.506 e. The van der Waals surface area contributed by atoms with Gasteiger partial charge in [0.05, 0.1) is 10.6 Å². The Hall–Kier alpha value is -1.27. The van der Waals surface area contributed by atoms with Crippen LogP contribution >= 0.6 is 0 Å². The highest BCUT2D eigenvalue weighted by molar-refractivity contribution is 7.89. The monoisotopic (exact) mass is 272 g/mol. The highest BCUT2D eigenvalue weighted by Crippen LogP contribution is 2.25. The van der Waals surface area contributed by atoms with Gasteiger partial charge in [-0.15, -0.1) is 0 Å². The van der Waals surface area contributed by atoms with Crippen molar-refractivity contribution in [2.24, 2.45) is 5.92 Å². The molecule has 5 nitrogen and oxygen atoms in total. The molecule has 0 saturated carbocycles. The number of rotatable bonds is 5. The average Bonchev–Trinajstić information content (AvgIpc) is 2.32. The summed E-state index contributed by atoms with van der Waals surface area (Å²) < 4.78 is 25.8. The Morgan fingerprint density at radius 2 is 2.06 bits per heavy atom. The molecule has 1 rings (SSSR count). The third kappa shape index (κ3) is 3.14. The number of benzene rings is 1. The number of phenols is 1. The first kappa shape index (κ1) is 14.8. The minimum absolute atomic E-state index is 0.0630. The van der Waals surface area contributed by atoms with E-state index in [9.17, 15) is 13.5 Å². The van der Waals surface area contributed by atoms with Gasteiger partial charge in [0, 0.05) is 13.6 Å². The predicted molar refractivity (Wildman–Crippen MR) is 71.8 cm³/mol. The van der Waals surface area contributed by atoms with Gasteiger partial charge in [-0.05, 0) is 24.1 Å². The van der Waals surface area contributed by atoms with Crippen molar-refractivity contribution in [3.63, 3.8) is 0 Å². The van der Waals surface area contributed by atoms with Gasteiger partial charge in [0.15, 0.2) is 0 Å². The molecule has 0 fully saturated rings. The highest BCUT2D eigenvalue weighted by atomic mass is 32.2. The van der Waals surface area contributed by atoms with Crippen LogP contribution in [0.4, 0.5) is 5.69 Å². The summed E-state index contributed by atoms with van der Waals surface area (Å²) in [4.78, 5) is 0.101. The SMILES string of the molecule is CCC(C)CN(C)S(=O)(=O)c1ccc(O)c(N)c1. The summed E-state index contributed by atoms with van der Waals surface area (Å²) in [7, 11) is -2.00. The summed E-state index contributed by atoms with van der Waals surface area (Å²) in [5.74, 6) is 0.178. The maximum absolute atomic E-state index is 12.2. The third-order valence-corrected chi connectivity index (χ3v) is 4.79. The van der Waals surface area contributed by atoms with Crippen molar-refractivity contribution in [1.82, 2.24) is 4.31 Å². The third-order valence-electron chi connectivity index (χ3n) is 2.97. The van der Waals surface area contributed by atoms with Gasteiger partial charge in [0.2, 0.25) is 10.0 Å². The molecule has 0 aromatic heterocycles. The molecule has 0 radical (unpaired) electrons. The molecule has 1 unspecified atom stereocenters. The molecule has 18 heavy (non-hydrogen) atoms. The molecule has 1 aromatic carbocycles. The number of nitrogens with zero attached hydrogens (tertiary/aromatic N) is 1. The molecular formula is C12H20N2O3S. The smallest absolute Gasteiger partial charge is 0.242 e. The molecule has 3 N–H and O–H groups in total. The van der Waals surface area contributed by atoms with E-state index in [4.69, 9.17) is 5.73 Å². The second-order valence-corrected chi connectivity index (χ2v) is 6.56. The lowest BCUT2D eigenvalue weighted by molar-refractivity contribution is 0.393. The van der Waals surface area contributed by atoms with E-state index >= 15 is 0 Å². The maximum atomic E-state index is 12.2. The fourth-order valence-corrected chi connectivity index (χ4v) is 2.87. The Kier molecular flexibility index (Phi) is 4.59. The average molecular weight is 272 g/mol. The second kappa shape index (κ2) is 5.58. The summed E-state index contributed by atoms with van der Waals surface area (Å²) in [5.41, 5.74) is 5.57. The molecule has 0 saturated heterocycles. The van der Waals surface area contributed by atoms with E-state index < -0.39 is 10.0 Å². The Morgan fingerprint density at radius 3 is 2.56 bits per heavy atom. The minimum Gasteiger partial charge on any atom is -0.506 e. The van der Waals surface area contributed by atoms with Gasteiger partial charge in [-0.2, -0.15) is 0 Å². The summed E-state index contributed by atoms with van der Waals surface area (Å²) in [6.07, 6.45) is 0.914. The van der Waals surface area contributed by atoms with E-state index in [1.807, 2.05) is 13.8 Å². The van der Waals surface area contributed by atoms with Crippen molar-refractivity contribution in [2.45, 2.75) is 25.2 Å². The molecule has 0 aliphatic heterocycles. The second-order valence-electron chi connectivity index (χ2n) is 4.52. The van der Waals surface area contributed by atoms with E-state index in [2.05, 4.69) is 0 Å². The van der Waals surface area contributed by atoms with Crippen molar-refractivity contribution in [3.8, 4) is 5.75 Å². The molecule has 6 heteroatoms. The Labute approximate surface area is 108 Å². The van der Waals surface area contributed by atoms with Crippen molar-refractivity contribution >= 4 is 15.7 Å². The molecule has 1 atom stereocenters. The zero-order valence-electron chi connectivity index (χ0n) is 10.9. The van der Waals surface area contributed by atoms with E-state index in [-0.39, 0.29) is 16.3 Å². The van der Waals surface area contributed by atoms with Crippen LogP contribution in [0.5, 0.6) is 5.75 Å². The Morgan fingerprint density at radius 1 is 1.44 bits per heavy atom. The summed E-state index contributed by atoms with van der Waals surface area (Å²) >= 11 is 0. The van der Waals surface area contributed by atoms with Gasteiger partial charge in [0.1, 0.15) is 5.75 Å². The highest BCUT2D eigenvalue weighted by Gasteiger charge is 2.22. The van der Waals surface area contributed by atoms with Gasteiger partial charge in [-0.1, -0.05) is 20.3 Å². The standard InChI is InChI=1S/C12H20N2O3S/c1-4-9(2)8-14(3)18(16,17)10-5-6-12(15)11(13)7-10/h5-7,9,15H,4,8,13H2,1-3H3. The van der Waals surface area contributed by atoms with E-state index in [0.29, 0.717) is 12.5 Å². The van der Waals surface area contributed by atoms with Crippen LogP contribution in [0.15, 0.2) is 23.1 Å². The molecule has 102 valence electrons. The van der Waals surface area contributed by atoms with Crippen LogP contribution in [-0.2, 0) is 10.0 Å². The van der Waals surface area contributed by atoms with Gasteiger partial charge in [-0.25, -0.2) is 12.7 Å². The van der Waals surface area contributed by atoms with Crippen LogP contribution < -0.4 is 5.73 Å². The van der Waals surface area contributed by atoms with E-state index in [1.54, 1.807) is 7.05 Å². The zero-order valence-corrected chi connectivity index (χ0v) is 11.7. The van der Waals surface area contributed by atoms with Crippen LogP contribution in [0.1, 0.15) is 20.3 Å². The lowest BCUT2D eigenvalue weighted by Gasteiger charge is -2.20. The first-order valence-corrected chi connectivity index (χ1v) is 7.27. The first-order chi connectivity index (χ1) is 8.28. The first-order valence-electron chi connectivity index (χ1n) is 5.83. The molecule has 0 aliphatic carbocycles. The van der Waals surface area contributed by atoms with Crippen molar-refractivity contribution in [3.05, 3.63) is 18.2 Å². The quantitative estimate of drug-likeness (QED) is 0.630. The summed E-state index contributed by atoms with van der Waals surface area (Å²) in [6.45, 7) is 4.47. The number of aromatic hydroxyl groups is 1. The normalized spacial score (nSPS) is 13.8. The zero-order chi connectivity index (χ0) is 13.9. The lowest BCUT2D eigenvalue weighted by Crippen LogP contribution is -2.31. The van der Waals surface area contributed by atoms with Crippen molar-refractivity contribution in [2.75, 3.05) is 19.3 Å². The number of anilines is 1. The fraction of sp³-hybridized carbons (Fsp3) is 0.500. The predicted octanol–water partition coefficient (Wildman–Crippen LogP) is 1.64. The van der Waals surface area contributed by atoms with Gasteiger partial charge >= 0.3 is 0 Å². The lowest BCUT2D eigenvalue weighted by atomic mass is 10.1. The molecule has 1 aromatic rings. The van der Waals surface area contributed by atoms with Gasteiger partial charge in [-0.3, -0.25) is 0 Å². The number of nitrogens with two attached hydrogens (primary N) is 1. The number of hydrogen-bond donors (Lipinski definition) is 2. The molecule has 0 amide bonds. The van der Waals surface area contributed by atoms with Crippen LogP contribution in [0.3, 0.4) is 0 Å². The number of hydrogen-bond acceptors (Lipinski definition) is 4. The Bertz CT molecular complexity index is 514. The van der Waals surface area contributed by atoms with Crippen LogP contribution in [-0.4, -0.2) is 31.4 Å². The van der Waals surface area contributed by atoms with Crippen LogP contribution in [0.2, 0.25) is 0 Å². The minimum atomic E-state index is -3.54. The van der Waals surface area contributed by atoms with Crippen LogP contribution in [0, 0.1) is 5.92 Å². The molecule has 0 bridgehead atoms. The molecular weight excluding hydrogens is 252 g/mol. The topological polar surface area (TPSA) is 83.6 Å². The number of nitrogen functional groups attached to an aromatic ring is 1. The number of phenolic OH excluding ortho intramolecular Hbond substituents is 1. The fourth-order valence-electron chi connectivity index (χ4n) is 1.54. The molecule has 0 heterocycles. The summed E-state index contributed by atoms with van der Waals surface area (Å²) in [5, 5.41) is 9.30. The molecule has 0 aliphatic rings. The Balaban J connectivity index is 3.02. The van der Waals surface area contributed by atoms with Gasteiger partial charge in [0.25, 0.3) is 0 Å². The molecule has 0 spiro atoms. The number of sulfonamides is 1. The van der Waals surface area contributed by atoms with Crippen LogP contribution in [0.25, 0.3) is 0 Å². The maximum Gasteiger partial charge on any atom is 0.242 e.